The van der Waals surface area contributed by atoms with Crippen LogP contribution in [0, 0.1) is 0 Å². The van der Waals surface area contributed by atoms with Gasteiger partial charge in [0.05, 0.1) is 6.17 Å². The number of hydrogen-bond donors (Lipinski definition) is 2. The Hall–Kier alpha value is -0.860. The highest BCUT2D eigenvalue weighted by molar-refractivity contribution is 5.14. The van der Waals surface area contributed by atoms with Gasteiger partial charge >= 0.3 is 0 Å². The van der Waals surface area contributed by atoms with Crippen LogP contribution < -0.4 is 10.6 Å². The Labute approximate surface area is 98.4 Å². The molecule has 0 spiro atoms. The van der Waals surface area contributed by atoms with E-state index in [1.165, 1.54) is 37.8 Å². The summed E-state index contributed by atoms with van der Waals surface area (Å²) in [6, 6.07) is 10.7. The Balaban J connectivity index is 1.67. The summed E-state index contributed by atoms with van der Waals surface area (Å²) >= 11 is 0. The van der Waals surface area contributed by atoms with E-state index in [1.807, 2.05) is 0 Å². The normalized spacial score (nSPS) is 21.6. The van der Waals surface area contributed by atoms with Gasteiger partial charge in [0.15, 0.2) is 0 Å². The Kier molecular flexibility index (Phi) is 4.84. The third-order valence-corrected chi connectivity index (χ3v) is 3.21. The lowest BCUT2D eigenvalue weighted by atomic mass is 10.1. The molecule has 2 nitrogen and oxygen atoms in total. The van der Waals surface area contributed by atoms with Crippen LogP contribution in [0.25, 0.3) is 0 Å². The van der Waals surface area contributed by atoms with Crippen LogP contribution in [0.4, 0.5) is 0 Å². The van der Waals surface area contributed by atoms with Gasteiger partial charge in [-0.25, -0.2) is 0 Å². The average molecular weight is 218 g/mol. The summed E-state index contributed by atoms with van der Waals surface area (Å²) in [5.41, 5.74) is 1.42. The lowest BCUT2D eigenvalue weighted by Crippen LogP contribution is -2.42. The Morgan fingerprint density at radius 2 is 2.00 bits per heavy atom. The van der Waals surface area contributed by atoms with Gasteiger partial charge in [-0.1, -0.05) is 43.2 Å². The van der Waals surface area contributed by atoms with Crippen molar-refractivity contribution in [1.82, 2.24) is 10.6 Å². The van der Waals surface area contributed by atoms with E-state index >= 15 is 0 Å². The SMILES string of the molecule is c1ccc(CCN[C@@H]2CCCCCN2)cc1. The van der Waals surface area contributed by atoms with E-state index in [-0.39, 0.29) is 0 Å². The van der Waals surface area contributed by atoms with Crippen LogP contribution in [0.2, 0.25) is 0 Å². The predicted octanol–water partition coefficient (Wildman–Crippen LogP) is 2.31. The molecule has 2 rings (SSSR count). The van der Waals surface area contributed by atoms with E-state index in [0.29, 0.717) is 6.17 Å². The zero-order chi connectivity index (χ0) is 11.1. The second kappa shape index (κ2) is 6.66. The summed E-state index contributed by atoms with van der Waals surface area (Å²) in [6.45, 7) is 2.24. The van der Waals surface area contributed by atoms with Gasteiger partial charge < -0.3 is 10.6 Å². The summed E-state index contributed by atoms with van der Waals surface area (Å²) in [4.78, 5) is 0. The summed E-state index contributed by atoms with van der Waals surface area (Å²) in [5, 5.41) is 7.16. The molecule has 0 unspecified atom stereocenters. The maximum atomic E-state index is 3.60. The van der Waals surface area contributed by atoms with Gasteiger partial charge in [-0.05, 0) is 31.4 Å². The first kappa shape index (κ1) is 11.6. The molecule has 1 fully saturated rings. The maximum absolute atomic E-state index is 3.60. The Morgan fingerprint density at radius 3 is 2.88 bits per heavy atom. The minimum absolute atomic E-state index is 0.534. The molecular formula is C14H22N2. The minimum atomic E-state index is 0.534. The average Bonchev–Trinajstić information content (AvgIpc) is 2.59. The van der Waals surface area contributed by atoms with Crippen molar-refractivity contribution in [2.75, 3.05) is 13.1 Å². The summed E-state index contributed by atoms with van der Waals surface area (Å²) in [6.07, 6.45) is 7.00. The zero-order valence-corrected chi connectivity index (χ0v) is 9.91. The molecule has 0 radical (unpaired) electrons. The molecule has 1 atom stereocenters. The van der Waals surface area contributed by atoms with Crippen LogP contribution in [0.5, 0.6) is 0 Å². The molecular weight excluding hydrogens is 196 g/mol. The van der Waals surface area contributed by atoms with Crippen molar-refractivity contribution in [2.45, 2.75) is 38.3 Å². The molecule has 1 heterocycles. The van der Waals surface area contributed by atoms with Gasteiger partial charge in [0.1, 0.15) is 0 Å². The summed E-state index contributed by atoms with van der Waals surface area (Å²) in [7, 11) is 0. The second-order valence-corrected chi connectivity index (χ2v) is 4.55. The standard InChI is InChI=1S/C14H22N2/c1-3-7-13(8-4-1)10-12-16-14-9-5-2-6-11-15-14/h1,3-4,7-8,14-16H,2,5-6,9-12H2/t14-/m1/s1. The second-order valence-electron chi connectivity index (χ2n) is 4.55. The van der Waals surface area contributed by atoms with Crippen molar-refractivity contribution in [3.8, 4) is 0 Å². The van der Waals surface area contributed by atoms with Gasteiger partial charge in [0.2, 0.25) is 0 Å². The number of nitrogens with one attached hydrogen (secondary N) is 2. The molecule has 1 aliphatic rings. The largest absolute Gasteiger partial charge is 0.302 e. The van der Waals surface area contributed by atoms with Gasteiger partial charge in [-0.3, -0.25) is 0 Å². The van der Waals surface area contributed by atoms with Crippen molar-refractivity contribution >= 4 is 0 Å². The quantitative estimate of drug-likeness (QED) is 0.810. The van der Waals surface area contributed by atoms with Crippen molar-refractivity contribution in [3.05, 3.63) is 35.9 Å². The minimum Gasteiger partial charge on any atom is -0.302 e. The molecule has 0 aliphatic carbocycles. The molecule has 1 aromatic carbocycles. The Bertz CT molecular complexity index is 276. The van der Waals surface area contributed by atoms with E-state index in [1.54, 1.807) is 0 Å². The predicted molar refractivity (Wildman–Crippen MR) is 68.4 cm³/mol. The molecule has 2 N–H and O–H groups in total. The lowest BCUT2D eigenvalue weighted by Gasteiger charge is -2.17. The lowest BCUT2D eigenvalue weighted by molar-refractivity contribution is 0.422. The molecule has 1 aliphatic heterocycles. The van der Waals surface area contributed by atoms with E-state index in [0.717, 1.165) is 13.0 Å². The van der Waals surface area contributed by atoms with Crippen molar-refractivity contribution in [2.24, 2.45) is 0 Å². The third-order valence-electron chi connectivity index (χ3n) is 3.21. The van der Waals surface area contributed by atoms with Crippen LogP contribution in [0.3, 0.4) is 0 Å². The van der Waals surface area contributed by atoms with E-state index in [4.69, 9.17) is 0 Å². The van der Waals surface area contributed by atoms with Crippen molar-refractivity contribution in [1.29, 1.82) is 0 Å². The fourth-order valence-corrected chi connectivity index (χ4v) is 2.24. The molecule has 0 amide bonds. The van der Waals surface area contributed by atoms with Crippen LogP contribution in [0.1, 0.15) is 31.2 Å². The topological polar surface area (TPSA) is 24.1 Å². The first-order valence-electron chi connectivity index (χ1n) is 6.46. The Morgan fingerprint density at radius 1 is 1.12 bits per heavy atom. The van der Waals surface area contributed by atoms with Crippen molar-refractivity contribution < 1.29 is 0 Å². The van der Waals surface area contributed by atoms with Crippen LogP contribution in [-0.4, -0.2) is 19.3 Å². The molecule has 88 valence electrons. The van der Waals surface area contributed by atoms with Crippen molar-refractivity contribution in [3.63, 3.8) is 0 Å². The first-order valence-corrected chi connectivity index (χ1v) is 6.46. The fourth-order valence-electron chi connectivity index (χ4n) is 2.24. The summed E-state index contributed by atoms with van der Waals surface area (Å²) in [5.74, 6) is 0. The smallest absolute Gasteiger partial charge is 0.0571 e. The molecule has 16 heavy (non-hydrogen) atoms. The third kappa shape index (κ3) is 3.95. The molecule has 2 heteroatoms. The maximum Gasteiger partial charge on any atom is 0.0571 e. The molecule has 0 saturated carbocycles. The van der Waals surface area contributed by atoms with Crippen LogP contribution >= 0.6 is 0 Å². The number of rotatable bonds is 4. The summed E-state index contributed by atoms with van der Waals surface area (Å²) < 4.78 is 0. The highest BCUT2D eigenvalue weighted by atomic mass is 15.1. The monoisotopic (exact) mass is 218 g/mol. The molecule has 1 aromatic rings. The highest BCUT2D eigenvalue weighted by Crippen LogP contribution is 2.06. The highest BCUT2D eigenvalue weighted by Gasteiger charge is 2.09. The van der Waals surface area contributed by atoms with Crippen LogP contribution in [0.15, 0.2) is 30.3 Å². The first-order chi connectivity index (χ1) is 7.95. The van der Waals surface area contributed by atoms with E-state index in [9.17, 15) is 0 Å². The van der Waals surface area contributed by atoms with Gasteiger partial charge in [-0.15, -0.1) is 0 Å². The van der Waals surface area contributed by atoms with E-state index < -0.39 is 0 Å². The van der Waals surface area contributed by atoms with Gasteiger partial charge in [-0.2, -0.15) is 0 Å². The van der Waals surface area contributed by atoms with Gasteiger partial charge in [0, 0.05) is 6.54 Å². The zero-order valence-electron chi connectivity index (χ0n) is 9.91. The van der Waals surface area contributed by atoms with E-state index in [2.05, 4.69) is 41.0 Å². The van der Waals surface area contributed by atoms with Crippen LogP contribution in [-0.2, 0) is 6.42 Å². The number of hydrogen-bond acceptors (Lipinski definition) is 2. The fraction of sp³-hybridized carbons (Fsp3) is 0.571. The van der Waals surface area contributed by atoms with Gasteiger partial charge in [0.25, 0.3) is 0 Å². The molecule has 0 aromatic heterocycles. The number of benzene rings is 1. The molecule has 1 saturated heterocycles. The molecule has 0 bridgehead atoms.